The highest BCUT2D eigenvalue weighted by Crippen LogP contribution is 2.29. The van der Waals surface area contributed by atoms with E-state index in [9.17, 15) is 9.59 Å². The average Bonchev–Trinajstić information content (AvgIpc) is 2.89. The summed E-state index contributed by atoms with van der Waals surface area (Å²) >= 11 is 1.05. The van der Waals surface area contributed by atoms with Crippen molar-refractivity contribution in [3.8, 4) is 11.5 Å². The second-order valence-electron chi connectivity index (χ2n) is 5.65. The largest absolute Gasteiger partial charge is 0.490 e. The quantitative estimate of drug-likeness (QED) is 0.530. The molecule has 1 aromatic rings. The number of amidine groups is 1. The van der Waals surface area contributed by atoms with Gasteiger partial charge in [0, 0.05) is 0 Å². The van der Waals surface area contributed by atoms with Crippen LogP contribution in [0.25, 0.3) is 0 Å². The van der Waals surface area contributed by atoms with Crippen LogP contribution < -0.4 is 14.8 Å². The van der Waals surface area contributed by atoms with Crippen molar-refractivity contribution in [1.29, 1.82) is 0 Å². The number of thioether (sulfide) groups is 1. The minimum atomic E-state index is -1.03. The Morgan fingerprint density at radius 3 is 2.85 bits per heavy atom. The summed E-state index contributed by atoms with van der Waals surface area (Å²) < 4.78 is 11.3. The van der Waals surface area contributed by atoms with Gasteiger partial charge in [0.05, 0.1) is 25.3 Å². The van der Waals surface area contributed by atoms with E-state index < -0.39 is 11.2 Å². The summed E-state index contributed by atoms with van der Waals surface area (Å²) in [6.07, 6.45) is 1.29. The second kappa shape index (κ2) is 9.23. The van der Waals surface area contributed by atoms with E-state index >= 15 is 0 Å². The molecule has 1 heterocycles. The Balaban J connectivity index is 2.07. The van der Waals surface area contributed by atoms with Gasteiger partial charge in [0.25, 0.3) is 0 Å². The van der Waals surface area contributed by atoms with Crippen LogP contribution >= 0.6 is 11.8 Å². The normalized spacial score (nSPS) is 18.5. The Kier molecular flexibility index (Phi) is 7.02. The molecule has 1 atom stereocenters. The maximum absolute atomic E-state index is 11.6. The van der Waals surface area contributed by atoms with Crippen LogP contribution in [-0.2, 0) is 9.59 Å². The van der Waals surface area contributed by atoms with E-state index in [2.05, 4.69) is 15.5 Å². The number of aliphatic carboxylic acids is 1. The molecule has 2 rings (SSSR count). The zero-order valence-electron chi connectivity index (χ0n) is 14.8. The van der Waals surface area contributed by atoms with Gasteiger partial charge in [-0.25, -0.2) is 0 Å². The number of hydrogen-bond donors (Lipinski definition) is 2. The zero-order chi connectivity index (χ0) is 19.1. The average molecular weight is 379 g/mol. The van der Waals surface area contributed by atoms with Crippen molar-refractivity contribution in [2.45, 2.75) is 38.5 Å². The van der Waals surface area contributed by atoms with Gasteiger partial charge < -0.3 is 19.9 Å². The number of carbonyl (C=O) groups excluding carboxylic acids is 1. The minimum absolute atomic E-state index is 0.0295. The molecule has 1 unspecified atom stereocenters. The molecule has 26 heavy (non-hydrogen) atoms. The summed E-state index contributed by atoms with van der Waals surface area (Å²) in [5.41, 5.74) is 0.755. The van der Waals surface area contributed by atoms with Gasteiger partial charge in [-0.1, -0.05) is 11.8 Å². The first-order valence-electron chi connectivity index (χ1n) is 8.13. The lowest BCUT2D eigenvalue weighted by atomic mass is 10.2. The summed E-state index contributed by atoms with van der Waals surface area (Å²) in [4.78, 5) is 22.3. The maximum Gasteiger partial charge on any atom is 0.305 e. The number of hydrogen-bond acceptors (Lipinski definition) is 7. The summed E-state index contributed by atoms with van der Waals surface area (Å²) in [5.74, 6) is -0.141. The number of nitrogens with zero attached hydrogens (tertiary/aromatic N) is 2. The van der Waals surface area contributed by atoms with Crippen LogP contribution in [0.5, 0.6) is 11.5 Å². The summed E-state index contributed by atoms with van der Waals surface area (Å²) in [7, 11) is 0. The van der Waals surface area contributed by atoms with E-state index in [0.29, 0.717) is 18.1 Å². The van der Waals surface area contributed by atoms with E-state index in [4.69, 9.17) is 14.6 Å². The maximum atomic E-state index is 11.6. The molecule has 0 aromatic heterocycles. The molecular weight excluding hydrogens is 358 g/mol. The van der Waals surface area contributed by atoms with Crippen molar-refractivity contribution in [2.75, 3.05) is 6.61 Å². The Labute approximate surface area is 155 Å². The molecule has 1 fully saturated rings. The third-order valence-electron chi connectivity index (χ3n) is 3.12. The Morgan fingerprint density at radius 1 is 1.42 bits per heavy atom. The van der Waals surface area contributed by atoms with Gasteiger partial charge in [0.1, 0.15) is 5.25 Å². The third-order valence-corrected chi connectivity index (χ3v) is 4.19. The number of carboxylic acids is 1. The number of carboxylic acid groups (broad SMARTS) is 1. The molecular formula is C17H21N3O5S. The van der Waals surface area contributed by atoms with Crippen molar-refractivity contribution in [3.05, 3.63) is 23.8 Å². The van der Waals surface area contributed by atoms with Crippen LogP contribution in [-0.4, -0.2) is 46.3 Å². The minimum Gasteiger partial charge on any atom is -0.490 e. The van der Waals surface area contributed by atoms with Crippen molar-refractivity contribution in [1.82, 2.24) is 5.32 Å². The molecule has 0 spiro atoms. The highest BCUT2D eigenvalue weighted by atomic mass is 32.2. The Bertz CT molecular complexity index is 733. The summed E-state index contributed by atoms with van der Waals surface area (Å²) in [6.45, 7) is 6.27. The smallest absolute Gasteiger partial charge is 0.305 e. The van der Waals surface area contributed by atoms with Gasteiger partial charge in [0.2, 0.25) is 5.91 Å². The number of benzene rings is 1. The fraction of sp³-hybridized carbons (Fsp3) is 0.412. The standard InChI is InChI=1S/C17H21N3O5S/c1-4-24-13-7-11(5-6-12(13)25-10(2)3)9-18-20-17-19-16(23)14(26-17)8-15(21)22/h5-7,9-10,14H,4,8H2,1-3H3,(H,21,22)(H,19,20,23). The lowest BCUT2D eigenvalue weighted by Gasteiger charge is -2.14. The molecule has 0 saturated carbocycles. The van der Waals surface area contributed by atoms with Crippen molar-refractivity contribution in [3.63, 3.8) is 0 Å². The molecule has 1 aliphatic heterocycles. The number of ether oxygens (including phenoxy) is 2. The molecule has 1 saturated heterocycles. The molecule has 0 bridgehead atoms. The van der Waals surface area contributed by atoms with E-state index in [1.54, 1.807) is 12.1 Å². The van der Waals surface area contributed by atoms with Crippen molar-refractivity contribution >= 4 is 35.0 Å². The lowest BCUT2D eigenvalue weighted by Crippen LogP contribution is -2.26. The first-order valence-corrected chi connectivity index (χ1v) is 9.00. The van der Waals surface area contributed by atoms with Gasteiger partial charge in [-0.05, 0) is 44.5 Å². The number of rotatable bonds is 8. The Morgan fingerprint density at radius 2 is 2.19 bits per heavy atom. The van der Waals surface area contributed by atoms with Crippen LogP contribution in [0.1, 0.15) is 32.8 Å². The zero-order valence-corrected chi connectivity index (χ0v) is 15.6. The van der Waals surface area contributed by atoms with Crippen LogP contribution in [0.15, 0.2) is 28.4 Å². The van der Waals surface area contributed by atoms with Crippen LogP contribution in [0, 0.1) is 0 Å². The summed E-state index contributed by atoms with van der Waals surface area (Å²) in [6, 6.07) is 5.41. The van der Waals surface area contributed by atoms with Crippen molar-refractivity contribution in [2.24, 2.45) is 10.2 Å². The fourth-order valence-electron chi connectivity index (χ4n) is 2.12. The van der Waals surface area contributed by atoms with E-state index in [0.717, 1.165) is 17.3 Å². The third kappa shape index (κ3) is 5.76. The van der Waals surface area contributed by atoms with Gasteiger partial charge in [-0.15, -0.1) is 5.10 Å². The first kappa shape index (κ1) is 19.8. The molecule has 0 aliphatic carbocycles. The number of amides is 1. The van der Waals surface area contributed by atoms with Crippen molar-refractivity contribution < 1.29 is 24.2 Å². The van der Waals surface area contributed by atoms with Crippen LogP contribution in [0.2, 0.25) is 0 Å². The highest BCUT2D eigenvalue weighted by Gasteiger charge is 2.32. The predicted octanol–water partition coefficient (Wildman–Crippen LogP) is 2.27. The predicted molar refractivity (Wildman–Crippen MR) is 100 cm³/mol. The van der Waals surface area contributed by atoms with E-state index in [1.165, 1.54) is 6.21 Å². The molecule has 0 radical (unpaired) electrons. The first-order chi connectivity index (χ1) is 12.4. The topological polar surface area (TPSA) is 110 Å². The lowest BCUT2D eigenvalue weighted by molar-refractivity contribution is -0.138. The summed E-state index contributed by atoms with van der Waals surface area (Å²) in [5, 5.41) is 18.7. The van der Waals surface area contributed by atoms with Crippen LogP contribution in [0.3, 0.4) is 0 Å². The van der Waals surface area contributed by atoms with Gasteiger partial charge in [-0.3, -0.25) is 9.59 Å². The molecule has 140 valence electrons. The molecule has 9 heteroatoms. The molecule has 2 N–H and O–H groups in total. The SMILES string of the molecule is CCOc1cc(C=NN=C2NC(=O)C(CC(=O)O)S2)ccc1OC(C)C. The molecule has 1 aromatic carbocycles. The van der Waals surface area contributed by atoms with Crippen LogP contribution in [0.4, 0.5) is 0 Å². The van der Waals surface area contributed by atoms with Gasteiger partial charge >= 0.3 is 5.97 Å². The molecule has 1 amide bonds. The van der Waals surface area contributed by atoms with E-state index in [1.807, 2.05) is 26.8 Å². The number of carbonyl (C=O) groups is 2. The monoisotopic (exact) mass is 379 g/mol. The highest BCUT2D eigenvalue weighted by molar-refractivity contribution is 8.15. The van der Waals surface area contributed by atoms with Gasteiger partial charge in [-0.2, -0.15) is 5.10 Å². The fourth-order valence-corrected chi connectivity index (χ4v) is 3.03. The van der Waals surface area contributed by atoms with Gasteiger partial charge in [0.15, 0.2) is 16.7 Å². The molecule has 1 aliphatic rings. The second-order valence-corrected chi connectivity index (χ2v) is 6.84. The molecule has 8 nitrogen and oxygen atoms in total. The van der Waals surface area contributed by atoms with E-state index in [-0.39, 0.29) is 23.6 Å². The Hall–Kier alpha value is -2.55. The number of nitrogens with one attached hydrogen (secondary N) is 1.